The van der Waals surface area contributed by atoms with Gasteiger partial charge in [-0.2, -0.15) is 0 Å². The molecule has 1 aliphatic rings. The summed E-state index contributed by atoms with van der Waals surface area (Å²) in [7, 11) is 0. The van der Waals surface area contributed by atoms with Gasteiger partial charge in [0.2, 0.25) is 0 Å². The molecule has 70 valence electrons. The number of hydrogen-bond donors (Lipinski definition) is 2. The van der Waals surface area contributed by atoms with Crippen molar-refractivity contribution < 1.29 is 5.11 Å². The topological polar surface area (TPSA) is 32.3 Å². The molecule has 0 aromatic heterocycles. The second kappa shape index (κ2) is 3.37. The molecule has 1 unspecified atom stereocenters. The van der Waals surface area contributed by atoms with Crippen molar-refractivity contribution in [1.82, 2.24) is 0 Å². The highest BCUT2D eigenvalue weighted by molar-refractivity contribution is 6.36. The highest BCUT2D eigenvalue weighted by atomic mass is 35.5. The highest BCUT2D eigenvalue weighted by Gasteiger charge is 2.22. The van der Waals surface area contributed by atoms with Crippen LogP contribution >= 0.6 is 23.2 Å². The average Bonchev–Trinajstić information content (AvgIpc) is 2.47. The highest BCUT2D eigenvalue weighted by Crippen LogP contribution is 2.35. The van der Waals surface area contributed by atoms with Gasteiger partial charge in [-0.05, 0) is 24.1 Å². The largest absolute Gasteiger partial charge is 0.394 e. The van der Waals surface area contributed by atoms with E-state index in [0.717, 1.165) is 17.7 Å². The monoisotopic (exact) mass is 217 g/mol. The maximum absolute atomic E-state index is 8.96. The van der Waals surface area contributed by atoms with Crippen molar-refractivity contribution in [1.29, 1.82) is 0 Å². The average molecular weight is 218 g/mol. The van der Waals surface area contributed by atoms with E-state index in [0.29, 0.717) is 10.0 Å². The normalized spacial score (nSPS) is 19.8. The van der Waals surface area contributed by atoms with Crippen LogP contribution in [0.25, 0.3) is 0 Å². The minimum Gasteiger partial charge on any atom is -0.394 e. The van der Waals surface area contributed by atoms with Gasteiger partial charge < -0.3 is 10.4 Å². The van der Waals surface area contributed by atoms with Gasteiger partial charge in [0.05, 0.1) is 23.4 Å². The first-order valence-corrected chi connectivity index (χ1v) is 4.81. The van der Waals surface area contributed by atoms with Crippen LogP contribution in [-0.4, -0.2) is 17.8 Å². The van der Waals surface area contributed by atoms with Crippen molar-refractivity contribution in [2.75, 3.05) is 11.9 Å². The number of anilines is 1. The third-order valence-electron chi connectivity index (χ3n) is 2.17. The summed E-state index contributed by atoms with van der Waals surface area (Å²) in [4.78, 5) is 0. The quantitative estimate of drug-likeness (QED) is 0.758. The Morgan fingerprint density at radius 3 is 2.92 bits per heavy atom. The fraction of sp³-hybridized carbons (Fsp3) is 0.333. The minimum atomic E-state index is 0.0750. The van der Waals surface area contributed by atoms with E-state index >= 15 is 0 Å². The molecule has 0 saturated heterocycles. The molecule has 0 spiro atoms. The SMILES string of the molecule is OCC1Cc2cc(Cl)cc(Cl)c2N1. The Balaban J connectivity index is 2.40. The van der Waals surface area contributed by atoms with Crippen molar-refractivity contribution in [2.24, 2.45) is 0 Å². The van der Waals surface area contributed by atoms with Gasteiger partial charge in [-0.15, -0.1) is 0 Å². The van der Waals surface area contributed by atoms with Gasteiger partial charge in [0.15, 0.2) is 0 Å². The summed E-state index contributed by atoms with van der Waals surface area (Å²) in [6.45, 7) is 0.114. The van der Waals surface area contributed by atoms with Crippen molar-refractivity contribution in [3.05, 3.63) is 27.7 Å². The first-order chi connectivity index (χ1) is 6.20. The number of benzene rings is 1. The van der Waals surface area contributed by atoms with Crippen molar-refractivity contribution in [2.45, 2.75) is 12.5 Å². The van der Waals surface area contributed by atoms with Gasteiger partial charge in [0.1, 0.15) is 0 Å². The first kappa shape index (κ1) is 9.13. The van der Waals surface area contributed by atoms with Gasteiger partial charge >= 0.3 is 0 Å². The molecule has 1 aromatic carbocycles. The molecule has 13 heavy (non-hydrogen) atoms. The molecule has 1 atom stereocenters. The number of fused-ring (bicyclic) bond motifs is 1. The summed E-state index contributed by atoms with van der Waals surface area (Å²) in [6.07, 6.45) is 0.784. The number of rotatable bonds is 1. The predicted octanol–water partition coefficient (Wildman–Crippen LogP) is 2.32. The number of aliphatic hydroxyl groups excluding tert-OH is 1. The maximum Gasteiger partial charge on any atom is 0.0655 e. The zero-order chi connectivity index (χ0) is 9.42. The van der Waals surface area contributed by atoms with Crippen molar-refractivity contribution in [3.63, 3.8) is 0 Å². The Kier molecular flexibility index (Phi) is 2.37. The van der Waals surface area contributed by atoms with E-state index in [9.17, 15) is 0 Å². The number of hydrogen-bond acceptors (Lipinski definition) is 2. The van der Waals surface area contributed by atoms with E-state index in [2.05, 4.69) is 5.32 Å². The summed E-state index contributed by atoms with van der Waals surface area (Å²) in [5.74, 6) is 0. The second-order valence-corrected chi connectivity index (χ2v) is 3.99. The molecular weight excluding hydrogens is 209 g/mol. The van der Waals surface area contributed by atoms with Crippen LogP contribution in [0, 0.1) is 0 Å². The summed E-state index contributed by atoms with van der Waals surface area (Å²) < 4.78 is 0. The van der Waals surface area contributed by atoms with E-state index in [4.69, 9.17) is 28.3 Å². The molecule has 1 aromatic rings. The number of halogens is 2. The van der Waals surface area contributed by atoms with Crippen LogP contribution < -0.4 is 5.32 Å². The lowest BCUT2D eigenvalue weighted by molar-refractivity contribution is 0.277. The second-order valence-electron chi connectivity index (χ2n) is 3.15. The molecular formula is C9H9Cl2NO. The van der Waals surface area contributed by atoms with Gasteiger partial charge in [-0.25, -0.2) is 0 Å². The van der Waals surface area contributed by atoms with Gasteiger partial charge in [0, 0.05) is 5.02 Å². The molecule has 0 radical (unpaired) electrons. The molecule has 2 nitrogen and oxygen atoms in total. The van der Waals surface area contributed by atoms with Crippen LogP contribution in [0.15, 0.2) is 12.1 Å². The third-order valence-corrected chi connectivity index (χ3v) is 2.69. The fourth-order valence-corrected chi connectivity index (χ4v) is 2.17. The van der Waals surface area contributed by atoms with E-state index in [1.807, 2.05) is 6.07 Å². The summed E-state index contributed by atoms with van der Waals surface area (Å²) >= 11 is 11.8. The Bertz CT molecular complexity index is 341. The molecule has 0 amide bonds. The Labute approximate surface area is 86.5 Å². The summed E-state index contributed by atoms with van der Waals surface area (Å²) in [5.41, 5.74) is 1.99. The number of nitrogens with one attached hydrogen (secondary N) is 1. The van der Waals surface area contributed by atoms with Crippen LogP contribution in [0.3, 0.4) is 0 Å². The van der Waals surface area contributed by atoms with E-state index in [1.54, 1.807) is 6.07 Å². The van der Waals surface area contributed by atoms with Crippen molar-refractivity contribution >= 4 is 28.9 Å². The molecule has 1 aliphatic heterocycles. The molecule has 2 N–H and O–H groups in total. The third kappa shape index (κ3) is 1.62. The standard InChI is InChI=1S/C9H9Cl2NO/c10-6-1-5-2-7(4-13)12-9(5)8(11)3-6/h1,3,7,12-13H,2,4H2. The van der Waals surface area contributed by atoms with Crippen LogP contribution in [0.2, 0.25) is 10.0 Å². The van der Waals surface area contributed by atoms with Crippen LogP contribution in [0.5, 0.6) is 0 Å². The molecule has 0 aliphatic carbocycles. The number of aliphatic hydroxyl groups is 1. The maximum atomic E-state index is 8.96. The smallest absolute Gasteiger partial charge is 0.0655 e. The zero-order valence-electron chi connectivity index (χ0n) is 6.85. The van der Waals surface area contributed by atoms with Gasteiger partial charge in [-0.1, -0.05) is 23.2 Å². The zero-order valence-corrected chi connectivity index (χ0v) is 8.36. The van der Waals surface area contributed by atoms with Crippen molar-refractivity contribution in [3.8, 4) is 0 Å². The molecule has 1 heterocycles. The Morgan fingerprint density at radius 2 is 2.23 bits per heavy atom. The molecule has 4 heteroatoms. The van der Waals surface area contributed by atoms with Crippen LogP contribution in [-0.2, 0) is 6.42 Å². The van der Waals surface area contributed by atoms with Gasteiger partial charge in [-0.3, -0.25) is 0 Å². The lowest BCUT2D eigenvalue weighted by Crippen LogP contribution is -2.19. The predicted molar refractivity (Wildman–Crippen MR) is 54.7 cm³/mol. The van der Waals surface area contributed by atoms with E-state index in [1.165, 1.54) is 0 Å². The Hall–Kier alpha value is -0.440. The first-order valence-electron chi connectivity index (χ1n) is 4.06. The molecule has 0 saturated carbocycles. The van der Waals surface area contributed by atoms with Crippen LogP contribution in [0.4, 0.5) is 5.69 Å². The Morgan fingerprint density at radius 1 is 1.46 bits per heavy atom. The van der Waals surface area contributed by atoms with Crippen LogP contribution in [0.1, 0.15) is 5.56 Å². The lowest BCUT2D eigenvalue weighted by Gasteiger charge is -2.06. The van der Waals surface area contributed by atoms with E-state index in [-0.39, 0.29) is 12.6 Å². The molecule has 2 rings (SSSR count). The summed E-state index contributed by atoms with van der Waals surface area (Å²) in [5, 5.41) is 13.4. The minimum absolute atomic E-state index is 0.0750. The van der Waals surface area contributed by atoms with Gasteiger partial charge in [0.25, 0.3) is 0 Å². The summed E-state index contributed by atoms with van der Waals surface area (Å²) in [6, 6.07) is 3.66. The lowest BCUT2D eigenvalue weighted by atomic mass is 10.1. The van der Waals surface area contributed by atoms with E-state index < -0.39 is 0 Å². The molecule has 0 fully saturated rings. The fourth-order valence-electron chi connectivity index (χ4n) is 1.58. The molecule has 0 bridgehead atoms.